The van der Waals surface area contributed by atoms with E-state index < -0.39 is 0 Å². The monoisotopic (exact) mass is 270 g/mol. The van der Waals surface area contributed by atoms with Crippen LogP contribution in [0.2, 0.25) is 0 Å². The Morgan fingerprint density at radius 1 is 1.35 bits per heavy atom. The third-order valence-corrected chi connectivity index (χ3v) is 6.34. The van der Waals surface area contributed by atoms with Crippen LogP contribution in [0.25, 0.3) is 0 Å². The second-order valence-corrected chi connectivity index (χ2v) is 7.58. The van der Waals surface area contributed by atoms with Crippen molar-refractivity contribution < 1.29 is 0 Å². The summed E-state index contributed by atoms with van der Waals surface area (Å²) in [5.41, 5.74) is 10.4. The van der Waals surface area contributed by atoms with Crippen molar-refractivity contribution in [3.63, 3.8) is 0 Å². The van der Waals surface area contributed by atoms with Gasteiger partial charge < -0.3 is 5.73 Å². The molecule has 1 aromatic rings. The van der Waals surface area contributed by atoms with E-state index in [0.717, 1.165) is 23.6 Å². The summed E-state index contributed by atoms with van der Waals surface area (Å²) in [6.07, 6.45) is 5.43. The van der Waals surface area contributed by atoms with E-state index >= 15 is 0 Å². The number of hydrogen-bond acceptors (Lipinski definition) is 2. The number of piperidine rings is 1. The van der Waals surface area contributed by atoms with Crippen molar-refractivity contribution in [3.8, 4) is 0 Å². The molecule has 1 aromatic carbocycles. The molecule has 0 amide bonds. The first-order valence-corrected chi connectivity index (χ1v) is 8.21. The number of rotatable bonds is 2. The van der Waals surface area contributed by atoms with Gasteiger partial charge in [-0.25, -0.2) is 0 Å². The van der Waals surface area contributed by atoms with Crippen molar-refractivity contribution in [3.05, 3.63) is 29.3 Å². The molecular formula is C18H26N2. The summed E-state index contributed by atoms with van der Waals surface area (Å²) in [5, 5.41) is 0. The average molecular weight is 270 g/mol. The van der Waals surface area contributed by atoms with Gasteiger partial charge in [-0.15, -0.1) is 0 Å². The van der Waals surface area contributed by atoms with Crippen LogP contribution < -0.4 is 5.73 Å². The molecule has 1 heterocycles. The van der Waals surface area contributed by atoms with Gasteiger partial charge in [0.1, 0.15) is 0 Å². The first kappa shape index (κ1) is 12.7. The molecule has 1 saturated heterocycles. The summed E-state index contributed by atoms with van der Waals surface area (Å²) in [6, 6.07) is 7.35. The van der Waals surface area contributed by atoms with Crippen LogP contribution in [-0.2, 0) is 11.8 Å². The number of likely N-dealkylation sites (tertiary alicyclic amines) is 1. The van der Waals surface area contributed by atoms with Crippen LogP contribution in [0.15, 0.2) is 18.2 Å². The van der Waals surface area contributed by atoms with E-state index in [1.807, 2.05) is 0 Å². The molecule has 0 spiro atoms. The van der Waals surface area contributed by atoms with Gasteiger partial charge in [-0.1, -0.05) is 19.9 Å². The molecule has 1 aliphatic heterocycles. The van der Waals surface area contributed by atoms with Gasteiger partial charge in [-0.05, 0) is 72.7 Å². The predicted octanol–water partition coefficient (Wildman–Crippen LogP) is 3.20. The smallest absolute Gasteiger partial charge is 0.0317 e. The summed E-state index contributed by atoms with van der Waals surface area (Å²) in [7, 11) is 0. The SMILES string of the molecule is CC1[C@H]2Cc3ccc(N)cc3[C@]1(C)CCN2CC1CC1. The lowest BCUT2D eigenvalue weighted by Gasteiger charge is -2.54. The molecule has 1 unspecified atom stereocenters. The molecule has 3 atom stereocenters. The van der Waals surface area contributed by atoms with Crippen molar-refractivity contribution in [2.45, 2.75) is 51.0 Å². The van der Waals surface area contributed by atoms with E-state index in [1.165, 1.54) is 44.3 Å². The third kappa shape index (κ3) is 1.81. The molecule has 2 aliphatic carbocycles. The Labute approximate surface area is 122 Å². The molecular weight excluding hydrogens is 244 g/mol. The topological polar surface area (TPSA) is 29.3 Å². The van der Waals surface area contributed by atoms with Crippen molar-refractivity contribution in [1.29, 1.82) is 0 Å². The fraction of sp³-hybridized carbons (Fsp3) is 0.667. The highest BCUT2D eigenvalue weighted by Crippen LogP contribution is 2.49. The quantitative estimate of drug-likeness (QED) is 0.836. The largest absolute Gasteiger partial charge is 0.399 e. The van der Waals surface area contributed by atoms with Crippen LogP contribution in [0.4, 0.5) is 5.69 Å². The molecule has 2 bridgehead atoms. The van der Waals surface area contributed by atoms with Crippen molar-refractivity contribution >= 4 is 5.69 Å². The third-order valence-electron chi connectivity index (χ3n) is 6.34. The highest BCUT2D eigenvalue weighted by molar-refractivity contribution is 5.50. The Kier molecular flexibility index (Phi) is 2.69. The molecule has 4 rings (SSSR count). The van der Waals surface area contributed by atoms with Gasteiger partial charge in [0.15, 0.2) is 0 Å². The number of anilines is 1. The van der Waals surface area contributed by atoms with E-state index in [-0.39, 0.29) is 0 Å². The lowest BCUT2D eigenvalue weighted by Crippen LogP contribution is -2.58. The standard InChI is InChI=1S/C18H26N2/c1-12-17-9-14-5-6-15(19)10-16(14)18(12,2)7-8-20(17)11-13-3-4-13/h5-6,10,12-13,17H,3-4,7-9,11,19H2,1-2H3/t12?,17-,18-/m1/s1. The van der Waals surface area contributed by atoms with E-state index in [9.17, 15) is 0 Å². The van der Waals surface area contributed by atoms with Crippen LogP contribution >= 0.6 is 0 Å². The summed E-state index contributed by atoms with van der Waals surface area (Å²) in [4.78, 5) is 2.80. The Balaban J connectivity index is 1.71. The molecule has 2 heteroatoms. The maximum absolute atomic E-state index is 6.05. The number of nitrogens with zero attached hydrogens (tertiary/aromatic N) is 1. The number of hydrogen-bond donors (Lipinski definition) is 1. The van der Waals surface area contributed by atoms with Crippen LogP contribution in [0.3, 0.4) is 0 Å². The fourth-order valence-corrected chi connectivity index (χ4v) is 4.58. The zero-order valence-corrected chi connectivity index (χ0v) is 12.7. The minimum absolute atomic E-state index is 0.327. The van der Waals surface area contributed by atoms with E-state index in [1.54, 1.807) is 5.56 Å². The van der Waals surface area contributed by atoms with Gasteiger partial charge in [-0.3, -0.25) is 4.90 Å². The maximum Gasteiger partial charge on any atom is 0.0317 e. The first-order valence-electron chi connectivity index (χ1n) is 8.21. The molecule has 1 saturated carbocycles. The number of benzene rings is 1. The molecule has 2 N–H and O–H groups in total. The van der Waals surface area contributed by atoms with Gasteiger partial charge in [0.05, 0.1) is 0 Å². The van der Waals surface area contributed by atoms with E-state index in [4.69, 9.17) is 5.73 Å². The molecule has 20 heavy (non-hydrogen) atoms. The zero-order chi connectivity index (χ0) is 13.9. The normalized spacial score (nSPS) is 36.7. The fourth-order valence-electron chi connectivity index (χ4n) is 4.58. The molecule has 2 fully saturated rings. The van der Waals surface area contributed by atoms with Crippen molar-refractivity contribution in [2.75, 3.05) is 18.8 Å². The molecule has 2 nitrogen and oxygen atoms in total. The molecule has 0 radical (unpaired) electrons. The van der Waals surface area contributed by atoms with Gasteiger partial charge in [0.25, 0.3) is 0 Å². The van der Waals surface area contributed by atoms with Crippen LogP contribution in [0.5, 0.6) is 0 Å². The summed E-state index contributed by atoms with van der Waals surface area (Å²) >= 11 is 0. The van der Waals surface area contributed by atoms with Gasteiger partial charge in [0.2, 0.25) is 0 Å². The minimum Gasteiger partial charge on any atom is -0.399 e. The Morgan fingerprint density at radius 2 is 2.15 bits per heavy atom. The average Bonchev–Trinajstić information content (AvgIpc) is 3.22. The first-order chi connectivity index (χ1) is 9.58. The summed E-state index contributed by atoms with van der Waals surface area (Å²) < 4.78 is 0. The van der Waals surface area contributed by atoms with Gasteiger partial charge in [0, 0.05) is 18.3 Å². The minimum atomic E-state index is 0.327. The molecule has 0 aromatic heterocycles. The van der Waals surface area contributed by atoms with Gasteiger partial charge >= 0.3 is 0 Å². The predicted molar refractivity (Wildman–Crippen MR) is 83.8 cm³/mol. The second-order valence-electron chi connectivity index (χ2n) is 7.58. The van der Waals surface area contributed by atoms with E-state index in [2.05, 4.69) is 36.9 Å². The van der Waals surface area contributed by atoms with E-state index in [0.29, 0.717) is 5.41 Å². The maximum atomic E-state index is 6.05. The van der Waals surface area contributed by atoms with Crippen molar-refractivity contribution in [2.24, 2.45) is 11.8 Å². The van der Waals surface area contributed by atoms with Crippen LogP contribution in [0.1, 0.15) is 44.2 Å². The Morgan fingerprint density at radius 3 is 2.90 bits per heavy atom. The van der Waals surface area contributed by atoms with Crippen LogP contribution in [-0.4, -0.2) is 24.0 Å². The Bertz CT molecular complexity index is 534. The molecule has 3 aliphatic rings. The van der Waals surface area contributed by atoms with Gasteiger partial charge in [-0.2, -0.15) is 0 Å². The number of fused-ring (bicyclic) bond motifs is 4. The van der Waals surface area contributed by atoms with Crippen LogP contribution in [0, 0.1) is 11.8 Å². The number of nitrogens with two attached hydrogens (primary N) is 1. The number of nitrogen functional groups attached to an aromatic ring is 1. The summed E-state index contributed by atoms with van der Waals surface area (Å²) in [5.74, 6) is 1.74. The molecule has 108 valence electrons. The second kappa shape index (κ2) is 4.24. The lowest BCUT2D eigenvalue weighted by atomic mass is 9.59. The lowest BCUT2D eigenvalue weighted by molar-refractivity contribution is 0.0284. The zero-order valence-electron chi connectivity index (χ0n) is 12.7. The summed E-state index contributed by atoms with van der Waals surface area (Å²) in [6.45, 7) is 7.55. The Hall–Kier alpha value is -1.02. The van der Waals surface area contributed by atoms with Crippen molar-refractivity contribution in [1.82, 2.24) is 4.90 Å². The highest BCUT2D eigenvalue weighted by atomic mass is 15.2. The highest BCUT2D eigenvalue weighted by Gasteiger charge is 2.48.